The van der Waals surface area contributed by atoms with E-state index in [1.807, 2.05) is 0 Å². The maximum atomic E-state index is 12.3. The lowest BCUT2D eigenvalue weighted by molar-refractivity contribution is 0.182. The SMILES string of the molecule is C=C(Cl)COP(=O)(OCC)N1CCCC1. The molecule has 15 heavy (non-hydrogen) atoms. The zero-order chi connectivity index (χ0) is 11.3. The van der Waals surface area contributed by atoms with Crippen LogP contribution in [0.2, 0.25) is 0 Å². The summed E-state index contributed by atoms with van der Waals surface area (Å²) < 4.78 is 24.5. The number of hydrogen-bond donors (Lipinski definition) is 0. The Hall–Kier alpha value is 0.140. The van der Waals surface area contributed by atoms with Crippen molar-refractivity contribution in [2.75, 3.05) is 26.3 Å². The number of halogens is 1. The second-order valence-corrected chi connectivity index (χ2v) is 5.89. The lowest BCUT2D eigenvalue weighted by Gasteiger charge is -2.25. The topological polar surface area (TPSA) is 38.8 Å². The highest BCUT2D eigenvalue weighted by atomic mass is 35.5. The first-order valence-electron chi connectivity index (χ1n) is 5.06. The molecule has 1 atom stereocenters. The molecular formula is C9H17ClNO3P. The van der Waals surface area contributed by atoms with Gasteiger partial charge in [-0.2, -0.15) is 0 Å². The molecule has 6 heteroatoms. The van der Waals surface area contributed by atoms with Crippen molar-refractivity contribution in [1.29, 1.82) is 0 Å². The molecule has 1 unspecified atom stereocenters. The minimum Gasteiger partial charge on any atom is -0.297 e. The Bertz CT molecular complexity index is 266. The predicted octanol–water partition coefficient (Wildman–Crippen LogP) is 3.00. The molecule has 88 valence electrons. The summed E-state index contributed by atoms with van der Waals surface area (Å²) in [6, 6.07) is 0. The molecule has 0 aliphatic carbocycles. The molecule has 0 N–H and O–H groups in total. The Morgan fingerprint density at radius 2 is 2.07 bits per heavy atom. The summed E-state index contributed by atoms with van der Waals surface area (Å²) >= 11 is 5.58. The molecule has 1 aliphatic heterocycles. The van der Waals surface area contributed by atoms with Gasteiger partial charge in [-0.1, -0.05) is 18.2 Å². The first kappa shape index (κ1) is 13.2. The Morgan fingerprint density at radius 3 is 2.53 bits per heavy atom. The van der Waals surface area contributed by atoms with Gasteiger partial charge in [0, 0.05) is 18.1 Å². The van der Waals surface area contributed by atoms with Crippen LogP contribution in [0.15, 0.2) is 11.6 Å². The summed E-state index contributed by atoms with van der Waals surface area (Å²) in [7, 11) is -3.13. The van der Waals surface area contributed by atoms with Gasteiger partial charge in [0.15, 0.2) is 0 Å². The number of rotatable bonds is 6. The first-order chi connectivity index (χ1) is 7.08. The average molecular weight is 254 g/mol. The molecule has 0 aromatic rings. The van der Waals surface area contributed by atoms with Crippen molar-refractivity contribution in [1.82, 2.24) is 4.67 Å². The van der Waals surface area contributed by atoms with Gasteiger partial charge in [0.25, 0.3) is 0 Å². The van der Waals surface area contributed by atoms with Crippen LogP contribution >= 0.6 is 19.3 Å². The zero-order valence-corrected chi connectivity index (χ0v) is 10.6. The first-order valence-corrected chi connectivity index (χ1v) is 6.93. The van der Waals surface area contributed by atoms with E-state index in [1.165, 1.54) is 0 Å². The Morgan fingerprint density at radius 1 is 1.47 bits per heavy atom. The fourth-order valence-electron chi connectivity index (χ4n) is 1.46. The molecule has 1 aliphatic rings. The third-order valence-electron chi connectivity index (χ3n) is 2.11. The Kier molecular flexibility index (Phi) is 5.30. The molecule has 1 rings (SSSR count). The van der Waals surface area contributed by atoms with Crippen molar-refractivity contribution in [3.05, 3.63) is 11.6 Å². The van der Waals surface area contributed by atoms with Crippen LogP contribution in [0.25, 0.3) is 0 Å². The zero-order valence-electron chi connectivity index (χ0n) is 8.95. The van der Waals surface area contributed by atoms with Crippen molar-refractivity contribution in [2.24, 2.45) is 0 Å². The van der Waals surface area contributed by atoms with Crippen molar-refractivity contribution < 1.29 is 13.6 Å². The lowest BCUT2D eigenvalue weighted by Crippen LogP contribution is -2.19. The summed E-state index contributed by atoms with van der Waals surface area (Å²) in [6.07, 6.45) is 2.06. The predicted molar refractivity (Wildman–Crippen MR) is 61.0 cm³/mol. The van der Waals surface area contributed by atoms with Crippen molar-refractivity contribution in [3.8, 4) is 0 Å². The standard InChI is InChI=1S/C9H17ClNO3P/c1-3-13-15(12,14-8-9(2)10)11-6-4-5-7-11/h2-8H2,1H3. The van der Waals surface area contributed by atoms with Gasteiger partial charge in [-0.25, -0.2) is 9.24 Å². The molecule has 1 heterocycles. The molecule has 1 fully saturated rings. The molecule has 0 bridgehead atoms. The highest BCUT2D eigenvalue weighted by Gasteiger charge is 2.35. The van der Waals surface area contributed by atoms with E-state index in [9.17, 15) is 4.57 Å². The minimum absolute atomic E-state index is 0.0648. The lowest BCUT2D eigenvalue weighted by atomic mass is 10.4. The normalized spacial score (nSPS) is 21.5. The van der Waals surface area contributed by atoms with Gasteiger partial charge in [0.2, 0.25) is 0 Å². The largest absolute Gasteiger partial charge is 0.408 e. The van der Waals surface area contributed by atoms with Gasteiger partial charge in [0.1, 0.15) is 0 Å². The van der Waals surface area contributed by atoms with E-state index in [0.29, 0.717) is 11.6 Å². The van der Waals surface area contributed by atoms with E-state index >= 15 is 0 Å². The van der Waals surface area contributed by atoms with Gasteiger partial charge in [-0.05, 0) is 19.8 Å². The highest BCUT2D eigenvalue weighted by molar-refractivity contribution is 7.51. The van der Waals surface area contributed by atoms with Crippen LogP contribution in [-0.2, 0) is 13.6 Å². The summed E-state index contributed by atoms with van der Waals surface area (Å²) in [5.41, 5.74) is 0. The Labute approximate surface area is 95.8 Å². The summed E-state index contributed by atoms with van der Waals surface area (Å²) in [5, 5.41) is 0.328. The fourth-order valence-corrected chi connectivity index (χ4v) is 3.41. The second-order valence-electron chi connectivity index (χ2n) is 3.34. The molecule has 0 radical (unpaired) electrons. The smallest absolute Gasteiger partial charge is 0.297 e. The monoisotopic (exact) mass is 253 g/mol. The fraction of sp³-hybridized carbons (Fsp3) is 0.778. The summed E-state index contributed by atoms with van der Waals surface area (Å²) in [4.78, 5) is 0. The van der Waals surface area contributed by atoms with Gasteiger partial charge in [-0.3, -0.25) is 9.05 Å². The third kappa shape index (κ3) is 3.89. The van der Waals surface area contributed by atoms with Crippen molar-refractivity contribution in [2.45, 2.75) is 19.8 Å². The molecule has 1 saturated heterocycles. The minimum atomic E-state index is -3.13. The summed E-state index contributed by atoms with van der Waals surface area (Å²) in [6.45, 7) is 7.22. The molecule has 4 nitrogen and oxygen atoms in total. The third-order valence-corrected chi connectivity index (χ3v) is 4.35. The maximum Gasteiger partial charge on any atom is 0.408 e. The van der Waals surface area contributed by atoms with Crippen molar-refractivity contribution in [3.63, 3.8) is 0 Å². The Balaban J connectivity index is 2.59. The van der Waals surface area contributed by atoms with Crippen LogP contribution in [-0.4, -0.2) is 31.0 Å². The molecule has 0 saturated carbocycles. The van der Waals surface area contributed by atoms with Crippen LogP contribution in [0.5, 0.6) is 0 Å². The molecular weight excluding hydrogens is 237 g/mol. The van der Waals surface area contributed by atoms with E-state index in [-0.39, 0.29) is 6.61 Å². The van der Waals surface area contributed by atoms with Gasteiger partial charge >= 0.3 is 7.75 Å². The molecule has 0 amide bonds. The second kappa shape index (κ2) is 6.02. The van der Waals surface area contributed by atoms with E-state index < -0.39 is 7.75 Å². The van der Waals surface area contributed by atoms with Gasteiger partial charge < -0.3 is 0 Å². The van der Waals surface area contributed by atoms with Crippen LogP contribution in [0.1, 0.15) is 19.8 Å². The molecule has 0 aromatic heterocycles. The van der Waals surface area contributed by atoms with E-state index in [1.54, 1.807) is 11.6 Å². The highest BCUT2D eigenvalue weighted by Crippen LogP contribution is 2.53. The quantitative estimate of drug-likeness (QED) is 0.682. The van der Waals surface area contributed by atoms with Gasteiger partial charge in [0.05, 0.1) is 13.2 Å². The van der Waals surface area contributed by atoms with Crippen LogP contribution in [0.4, 0.5) is 0 Å². The molecule has 0 aromatic carbocycles. The summed E-state index contributed by atoms with van der Waals surface area (Å²) in [5.74, 6) is 0. The number of hydrogen-bond acceptors (Lipinski definition) is 3. The van der Waals surface area contributed by atoms with Crippen LogP contribution in [0, 0.1) is 0 Å². The van der Waals surface area contributed by atoms with Crippen molar-refractivity contribution >= 4 is 19.3 Å². The average Bonchev–Trinajstić information content (AvgIpc) is 2.68. The van der Waals surface area contributed by atoms with E-state index in [0.717, 1.165) is 25.9 Å². The van der Waals surface area contributed by atoms with Gasteiger partial charge in [-0.15, -0.1) is 0 Å². The number of nitrogens with zero attached hydrogens (tertiary/aromatic N) is 1. The maximum absolute atomic E-state index is 12.3. The van der Waals surface area contributed by atoms with Crippen LogP contribution < -0.4 is 0 Å². The molecule has 0 spiro atoms. The van der Waals surface area contributed by atoms with Crippen LogP contribution in [0.3, 0.4) is 0 Å². The van der Waals surface area contributed by atoms with E-state index in [2.05, 4.69) is 6.58 Å². The van der Waals surface area contributed by atoms with E-state index in [4.69, 9.17) is 20.6 Å².